The van der Waals surface area contributed by atoms with E-state index in [-0.39, 0.29) is 11.7 Å². The number of fused-ring (bicyclic) bond motifs is 1. The molecule has 3 atom stereocenters. The molecule has 7 nitrogen and oxygen atoms in total. The number of hydrogen-bond acceptors (Lipinski definition) is 6. The minimum absolute atomic E-state index is 0.0330. The Morgan fingerprint density at radius 2 is 2.10 bits per heavy atom. The summed E-state index contributed by atoms with van der Waals surface area (Å²) in [5.41, 5.74) is 8.75. The maximum atomic E-state index is 13.6. The molecular weight excluding hydrogens is 402 g/mol. The molecule has 3 unspecified atom stereocenters. The molecule has 5 rings (SSSR count). The van der Waals surface area contributed by atoms with Gasteiger partial charge in [-0.15, -0.1) is 5.10 Å². The number of halogens is 1. The molecule has 0 bridgehead atoms. The van der Waals surface area contributed by atoms with E-state index in [0.717, 1.165) is 57.6 Å². The monoisotopic (exact) mass is 429 g/mol. The van der Waals surface area contributed by atoms with Gasteiger partial charge in [0.2, 0.25) is 5.78 Å². The second-order valence-electron chi connectivity index (χ2n) is 8.80. The molecule has 0 spiro atoms. The summed E-state index contributed by atoms with van der Waals surface area (Å²) >= 11 is 6.18. The van der Waals surface area contributed by atoms with Crippen molar-refractivity contribution in [2.45, 2.75) is 50.6 Å². The van der Waals surface area contributed by atoms with Gasteiger partial charge in [0.1, 0.15) is 5.69 Å². The van der Waals surface area contributed by atoms with Crippen molar-refractivity contribution in [2.75, 3.05) is 19.8 Å². The molecule has 3 aliphatic rings. The molecule has 2 N–H and O–H groups in total. The zero-order valence-electron chi connectivity index (χ0n) is 17.0. The molecule has 1 aliphatic carbocycles. The van der Waals surface area contributed by atoms with E-state index in [0.29, 0.717) is 40.7 Å². The second kappa shape index (κ2) is 8.75. The normalized spacial score (nSPS) is 27.2. The quantitative estimate of drug-likeness (QED) is 0.711. The molecule has 3 heterocycles. The van der Waals surface area contributed by atoms with Gasteiger partial charge in [0.05, 0.1) is 5.69 Å². The summed E-state index contributed by atoms with van der Waals surface area (Å²) in [5.74, 6) is 1.25. The predicted octanol–water partition coefficient (Wildman–Crippen LogP) is 2.95. The average Bonchev–Trinajstić information content (AvgIpc) is 3.40. The smallest absolute Gasteiger partial charge is 0.213 e. The first-order valence-electron chi connectivity index (χ1n) is 11.0. The van der Waals surface area contributed by atoms with Gasteiger partial charge in [-0.3, -0.25) is 15.6 Å². The van der Waals surface area contributed by atoms with Crippen molar-refractivity contribution >= 4 is 17.4 Å². The number of rotatable bonds is 5. The van der Waals surface area contributed by atoms with Crippen LogP contribution in [-0.2, 0) is 11.3 Å². The highest BCUT2D eigenvalue weighted by Crippen LogP contribution is 2.38. The third kappa shape index (κ3) is 4.04. The maximum Gasteiger partial charge on any atom is 0.213 e. The molecule has 160 valence electrons. The fourth-order valence-corrected chi connectivity index (χ4v) is 5.34. The number of carbonyl (C=O) groups is 1. The highest BCUT2D eigenvalue weighted by molar-refractivity contribution is 6.31. The number of ketones is 1. The summed E-state index contributed by atoms with van der Waals surface area (Å²) in [4.78, 5) is 13.6. The Bertz CT molecular complexity index is 911. The van der Waals surface area contributed by atoms with E-state index in [1.54, 1.807) is 12.1 Å². The Morgan fingerprint density at radius 1 is 1.23 bits per heavy atom. The molecule has 3 fully saturated rings. The summed E-state index contributed by atoms with van der Waals surface area (Å²) in [5, 5.41) is 9.62. The summed E-state index contributed by atoms with van der Waals surface area (Å²) < 4.78 is 7.35. The number of ether oxygens (including phenoxy) is 1. The van der Waals surface area contributed by atoms with Crippen molar-refractivity contribution in [3.63, 3.8) is 0 Å². The fraction of sp³-hybridized carbons (Fsp3) is 0.591. The van der Waals surface area contributed by atoms with Crippen molar-refractivity contribution in [3.8, 4) is 0 Å². The van der Waals surface area contributed by atoms with Crippen molar-refractivity contribution < 1.29 is 9.53 Å². The van der Waals surface area contributed by atoms with Crippen LogP contribution in [0.25, 0.3) is 0 Å². The van der Waals surface area contributed by atoms with Gasteiger partial charge in [-0.25, -0.2) is 4.68 Å². The van der Waals surface area contributed by atoms with Crippen LogP contribution in [0.5, 0.6) is 0 Å². The molecule has 1 saturated carbocycles. The summed E-state index contributed by atoms with van der Waals surface area (Å²) in [7, 11) is 0. The lowest BCUT2D eigenvalue weighted by Gasteiger charge is -2.30. The molecule has 8 heteroatoms. The molecule has 2 aromatic rings. The largest absolute Gasteiger partial charge is 0.381 e. The number of nitrogens with one attached hydrogen (secondary N) is 2. The van der Waals surface area contributed by atoms with Crippen LogP contribution >= 0.6 is 11.6 Å². The SMILES string of the molecule is O=C(c1cccc(Cl)c1)c1c(C2CCC3NNCC3C2)nnn1CC1CCOCC1. The van der Waals surface area contributed by atoms with Crippen LogP contribution < -0.4 is 10.9 Å². The molecule has 1 aromatic carbocycles. The Labute approximate surface area is 181 Å². The van der Waals surface area contributed by atoms with Gasteiger partial charge in [-0.05, 0) is 56.1 Å². The lowest BCUT2D eigenvalue weighted by Crippen LogP contribution is -2.35. The van der Waals surface area contributed by atoms with Gasteiger partial charge in [0.15, 0.2) is 0 Å². The Balaban J connectivity index is 1.47. The van der Waals surface area contributed by atoms with Crippen LogP contribution in [0.15, 0.2) is 24.3 Å². The number of nitrogens with zero attached hydrogens (tertiary/aromatic N) is 3. The first-order valence-corrected chi connectivity index (χ1v) is 11.4. The van der Waals surface area contributed by atoms with Crippen LogP contribution in [0.3, 0.4) is 0 Å². The van der Waals surface area contributed by atoms with E-state index in [9.17, 15) is 4.79 Å². The second-order valence-corrected chi connectivity index (χ2v) is 9.24. The van der Waals surface area contributed by atoms with Gasteiger partial charge in [-0.1, -0.05) is 28.9 Å². The minimum Gasteiger partial charge on any atom is -0.381 e. The van der Waals surface area contributed by atoms with Crippen LogP contribution in [-0.4, -0.2) is 46.6 Å². The van der Waals surface area contributed by atoms with Crippen molar-refractivity contribution in [1.29, 1.82) is 0 Å². The van der Waals surface area contributed by atoms with Gasteiger partial charge in [-0.2, -0.15) is 0 Å². The molecule has 30 heavy (non-hydrogen) atoms. The van der Waals surface area contributed by atoms with Gasteiger partial charge >= 0.3 is 0 Å². The predicted molar refractivity (Wildman–Crippen MR) is 113 cm³/mol. The lowest BCUT2D eigenvalue weighted by atomic mass is 9.77. The molecule has 1 aromatic heterocycles. The van der Waals surface area contributed by atoms with E-state index in [1.807, 2.05) is 16.8 Å². The topological polar surface area (TPSA) is 81.1 Å². The minimum atomic E-state index is -0.0330. The number of benzene rings is 1. The van der Waals surface area contributed by atoms with Crippen LogP contribution in [0.2, 0.25) is 5.02 Å². The zero-order chi connectivity index (χ0) is 20.5. The van der Waals surface area contributed by atoms with Crippen LogP contribution in [0.1, 0.15) is 59.8 Å². The van der Waals surface area contributed by atoms with Gasteiger partial charge in [0, 0.05) is 48.8 Å². The third-order valence-electron chi connectivity index (χ3n) is 6.86. The first kappa shape index (κ1) is 20.1. The lowest BCUT2D eigenvalue weighted by molar-refractivity contribution is 0.0596. The number of carbonyl (C=O) groups excluding carboxylic acids is 1. The molecule has 2 aliphatic heterocycles. The highest BCUT2D eigenvalue weighted by atomic mass is 35.5. The molecule has 0 amide bonds. The van der Waals surface area contributed by atoms with E-state index >= 15 is 0 Å². The number of aromatic nitrogens is 3. The van der Waals surface area contributed by atoms with Crippen molar-refractivity contribution in [2.24, 2.45) is 11.8 Å². The Hall–Kier alpha value is -1.80. The maximum absolute atomic E-state index is 13.6. The summed E-state index contributed by atoms with van der Waals surface area (Å²) in [6, 6.07) is 7.69. The standard InChI is InChI=1S/C22H28ClN5O2/c23-18-3-1-2-16(11-18)22(29)21-20(15-4-5-19-17(10-15)12-24-25-19)26-27-28(21)13-14-6-8-30-9-7-14/h1-3,11,14-15,17,19,24-25H,4-10,12-13H2. The Morgan fingerprint density at radius 3 is 2.93 bits per heavy atom. The highest BCUT2D eigenvalue weighted by Gasteiger charge is 2.38. The van der Waals surface area contributed by atoms with E-state index < -0.39 is 0 Å². The van der Waals surface area contributed by atoms with Crippen molar-refractivity contribution in [3.05, 3.63) is 46.2 Å². The average molecular weight is 430 g/mol. The zero-order valence-corrected chi connectivity index (χ0v) is 17.8. The van der Waals surface area contributed by atoms with Gasteiger partial charge in [0.25, 0.3) is 0 Å². The van der Waals surface area contributed by atoms with Crippen LogP contribution in [0.4, 0.5) is 0 Å². The fourth-order valence-electron chi connectivity index (χ4n) is 5.15. The molecule has 0 radical (unpaired) electrons. The van der Waals surface area contributed by atoms with E-state index in [4.69, 9.17) is 16.3 Å². The van der Waals surface area contributed by atoms with Crippen molar-refractivity contribution in [1.82, 2.24) is 25.8 Å². The summed E-state index contributed by atoms with van der Waals surface area (Å²) in [6.07, 6.45) is 5.10. The number of hydrogen-bond donors (Lipinski definition) is 2. The summed E-state index contributed by atoms with van der Waals surface area (Å²) in [6.45, 7) is 3.22. The number of hydrazine groups is 1. The molecular formula is C22H28ClN5O2. The van der Waals surface area contributed by atoms with E-state index in [2.05, 4.69) is 21.2 Å². The Kier molecular flexibility index (Phi) is 5.87. The van der Waals surface area contributed by atoms with Gasteiger partial charge < -0.3 is 4.74 Å². The van der Waals surface area contributed by atoms with E-state index in [1.165, 1.54) is 0 Å². The third-order valence-corrected chi connectivity index (χ3v) is 7.09. The van der Waals surface area contributed by atoms with Crippen LogP contribution in [0, 0.1) is 11.8 Å². The first-order chi connectivity index (χ1) is 14.7. The molecule has 2 saturated heterocycles.